The summed E-state index contributed by atoms with van der Waals surface area (Å²) in [5.74, 6) is 0.0145. The number of thiazole rings is 2. The van der Waals surface area contributed by atoms with Gasteiger partial charge in [-0.3, -0.25) is 14.4 Å². The number of rotatable bonds is 15. The summed E-state index contributed by atoms with van der Waals surface area (Å²) in [4.78, 5) is 26.5. The summed E-state index contributed by atoms with van der Waals surface area (Å²) in [6.45, 7) is 25.2. The standard InChI is InChI=1S/C35H53N7O5S2Si2/c1-25-20-30(38-39-31(25)37-34-42(24-46-18-19-50(5,6)7)28-12-10-11-13-29(28)49-34)41(33-36-27(23-48-33)32(43)44)21-26(40-14-16-45-17-15-40)22-47-51(8,9)35(2,3)4/h10-13,20,23,26H,14-19,21-22,24H2,1-9H3,(H,43,44). The Bertz CT molecular complexity index is 1860. The number of morpholine rings is 1. The highest BCUT2D eigenvalue weighted by Crippen LogP contribution is 2.37. The van der Waals surface area contributed by atoms with Crippen LogP contribution in [0.25, 0.3) is 10.2 Å². The summed E-state index contributed by atoms with van der Waals surface area (Å²) in [7, 11) is -3.28. The summed E-state index contributed by atoms with van der Waals surface area (Å²) >= 11 is 2.87. The van der Waals surface area contributed by atoms with Gasteiger partial charge in [0, 0.05) is 45.7 Å². The molecule has 0 spiro atoms. The van der Waals surface area contributed by atoms with Gasteiger partial charge in [-0.15, -0.1) is 21.5 Å². The van der Waals surface area contributed by atoms with Gasteiger partial charge in [0.1, 0.15) is 6.73 Å². The van der Waals surface area contributed by atoms with Crippen LogP contribution < -0.4 is 9.70 Å². The fraction of sp³-hybridized carbons (Fsp3) is 0.571. The number of nitrogens with zero attached hydrogens (tertiary/aromatic N) is 7. The van der Waals surface area contributed by atoms with Crippen molar-refractivity contribution in [2.24, 2.45) is 4.99 Å². The molecule has 1 unspecified atom stereocenters. The van der Waals surface area contributed by atoms with E-state index < -0.39 is 22.4 Å². The van der Waals surface area contributed by atoms with Crippen LogP contribution in [0.4, 0.5) is 16.8 Å². The zero-order chi connectivity index (χ0) is 37.0. The van der Waals surface area contributed by atoms with Gasteiger partial charge >= 0.3 is 5.97 Å². The Labute approximate surface area is 311 Å². The number of ether oxygens (including phenoxy) is 2. The number of hydrogen-bond acceptors (Lipinski definition) is 12. The Morgan fingerprint density at radius 1 is 1.14 bits per heavy atom. The van der Waals surface area contributed by atoms with Gasteiger partial charge in [-0.1, -0.05) is 63.9 Å². The molecular weight excluding hydrogens is 719 g/mol. The van der Waals surface area contributed by atoms with Crippen LogP contribution in [0.5, 0.6) is 0 Å². The lowest BCUT2D eigenvalue weighted by molar-refractivity contribution is 0.00690. The van der Waals surface area contributed by atoms with E-state index in [1.54, 1.807) is 16.7 Å². The van der Waals surface area contributed by atoms with Crippen molar-refractivity contribution in [2.75, 3.05) is 51.0 Å². The number of anilines is 2. The summed E-state index contributed by atoms with van der Waals surface area (Å²) in [5.41, 5.74) is 1.90. The second kappa shape index (κ2) is 16.5. The number of fused-ring (bicyclic) bond motifs is 1. The molecule has 4 aromatic rings. The van der Waals surface area contributed by atoms with E-state index >= 15 is 0 Å². The third kappa shape index (κ3) is 10.2. The smallest absolute Gasteiger partial charge is 0.355 e. The zero-order valence-corrected chi connectivity index (χ0v) is 35.1. The maximum absolute atomic E-state index is 11.9. The van der Waals surface area contributed by atoms with E-state index in [1.807, 2.05) is 30.0 Å². The van der Waals surface area contributed by atoms with Gasteiger partial charge in [0.05, 0.1) is 30.0 Å². The molecule has 1 aliphatic rings. The molecule has 16 heteroatoms. The molecule has 12 nitrogen and oxygen atoms in total. The molecule has 1 N–H and O–H groups in total. The molecule has 3 aromatic heterocycles. The topological polar surface area (TPSA) is 127 Å². The molecule has 0 bridgehead atoms. The number of para-hydroxylation sites is 1. The minimum Gasteiger partial charge on any atom is -0.476 e. The van der Waals surface area contributed by atoms with E-state index in [4.69, 9.17) is 24.0 Å². The highest BCUT2D eigenvalue weighted by Gasteiger charge is 2.39. The number of carbonyl (C=O) groups is 1. The van der Waals surface area contributed by atoms with E-state index in [0.717, 1.165) is 39.7 Å². The van der Waals surface area contributed by atoms with Crippen LogP contribution in [0.15, 0.2) is 40.7 Å². The lowest BCUT2D eigenvalue weighted by Gasteiger charge is -2.41. The maximum atomic E-state index is 11.9. The molecule has 1 fully saturated rings. The Morgan fingerprint density at radius 2 is 1.86 bits per heavy atom. The van der Waals surface area contributed by atoms with Crippen molar-refractivity contribution in [3.05, 3.63) is 51.8 Å². The van der Waals surface area contributed by atoms with Crippen molar-refractivity contribution in [3.8, 4) is 0 Å². The van der Waals surface area contributed by atoms with E-state index in [0.29, 0.717) is 56.5 Å². The molecule has 51 heavy (non-hydrogen) atoms. The second-order valence-corrected chi connectivity index (χ2v) is 28.0. The maximum Gasteiger partial charge on any atom is 0.355 e. The van der Waals surface area contributed by atoms with Crippen LogP contribution in [0.3, 0.4) is 0 Å². The average Bonchev–Trinajstić information content (AvgIpc) is 3.69. The summed E-state index contributed by atoms with van der Waals surface area (Å²) in [5, 5.41) is 21.2. The van der Waals surface area contributed by atoms with Crippen molar-refractivity contribution in [3.63, 3.8) is 0 Å². The predicted molar refractivity (Wildman–Crippen MR) is 211 cm³/mol. The van der Waals surface area contributed by atoms with Gasteiger partial charge in [-0.25, -0.2) is 9.78 Å². The van der Waals surface area contributed by atoms with Crippen molar-refractivity contribution in [1.82, 2.24) is 24.6 Å². The fourth-order valence-electron chi connectivity index (χ4n) is 5.27. The largest absolute Gasteiger partial charge is 0.476 e. The van der Waals surface area contributed by atoms with Crippen LogP contribution in [0.2, 0.25) is 43.8 Å². The molecule has 1 saturated heterocycles. The molecule has 1 aliphatic heterocycles. The van der Waals surface area contributed by atoms with Gasteiger partial charge in [0.2, 0.25) is 0 Å². The number of aryl methyl sites for hydroxylation is 1. The van der Waals surface area contributed by atoms with Gasteiger partial charge in [0.25, 0.3) is 0 Å². The van der Waals surface area contributed by atoms with Crippen molar-refractivity contribution < 1.29 is 23.8 Å². The lowest BCUT2D eigenvalue weighted by atomic mass is 10.2. The number of aromatic carboxylic acids is 1. The van der Waals surface area contributed by atoms with Crippen LogP contribution in [0.1, 0.15) is 36.8 Å². The molecule has 5 rings (SSSR count). The van der Waals surface area contributed by atoms with E-state index in [9.17, 15) is 9.90 Å². The summed E-state index contributed by atoms with van der Waals surface area (Å²) in [6, 6.07) is 11.3. The van der Waals surface area contributed by atoms with Crippen LogP contribution in [-0.4, -0.2) is 104 Å². The van der Waals surface area contributed by atoms with E-state index in [-0.39, 0.29) is 16.8 Å². The fourth-order valence-corrected chi connectivity index (χ4v) is 8.90. The van der Waals surface area contributed by atoms with Crippen LogP contribution >= 0.6 is 22.7 Å². The van der Waals surface area contributed by atoms with Crippen molar-refractivity contribution >= 4 is 72.0 Å². The Balaban J connectivity index is 1.49. The monoisotopic (exact) mass is 771 g/mol. The number of hydrogen-bond donors (Lipinski definition) is 1. The van der Waals surface area contributed by atoms with E-state index in [2.05, 4.69) is 85.2 Å². The van der Waals surface area contributed by atoms with Crippen LogP contribution in [-0.2, 0) is 20.6 Å². The minimum atomic E-state index is -2.06. The molecule has 0 amide bonds. The average molecular weight is 772 g/mol. The second-order valence-electron chi connectivity index (χ2n) is 15.8. The lowest BCUT2D eigenvalue weighted by Crippen LogP contribution is -2.53. The first kappa shape index (κ1) is 39.4. The highest BCUT2D eigenvalue weighted by molar-refractivity contribution is 7.16. The number of carboxylic acid groups (broad SMARTS) is 1. The van der Waals surface area contributed by atoms with Gasteiger partial charge < -0.3 is 19.0 Å². The minimum absolute atomic E-state index is 0.00174. The van der Waals surface area contributed by atoms with Gasteiger partial charge in [-0.05, 0) is 54.9 Å². The third-order valence-electron chi connectivity index (χ3n) is 9.57. The zero-order valence-electron chi connectivity index (χ0n) is 31.4. The molecule has 4 heterocycles. The van der Waals surface area contributed by atoms with Gasteiger partial charge in [0.15, 0.2) is 35.6 Å². The first-order valence-corrected chi connectivity index (χ1v) is 25.8. The first-order chi connectivity index (χ1) is 24.0. The number of carboxylic acids is 1. The summed E-state index contributed by atoms with van der Waals surface area (Å²) in [6.07, 6.45) is 0. The predicted octanol–water partition coefficient (Wildman–Crippen LogP) is 7.36. The Kier molecular flexibility index (Phi) is 12.7. The van der Waals surface area contributed by atoms with Crippen molar-refractivity contribution in [2.45, 2.75) is 84.3 Å². The van der Waals surface area contributed by atoms with Gasteiger partial charge in [-0.2, -0.15) is 4.99 Å². The SMILES string of the molecule is Cc1cc(N(CC(CO[Si](C)(C)C(C)(C)C)N2CCOCC2)c2nc(C(=O)O)cs2)nnc1N=c1sc2ccccc2n1COCC[Si](C)(C)C. The van der Waals surface area contributed by atoms with E-state index in [1.165, 1.54) is 11.3 Å². The van der Waals surface area contributed by atoms with Crippen LogP contribution in [0, 0.1) is 6.92 Å². The third-order valence-corrected chi connectivity index (χ3v) is 17.7. The quantitative estimate of drug-likeness (QED) is 0.0968. The highest BCUT2D eigenvalue weighted by atomic mass is 32.1. The molecule has 1 aromatic carbocycles. The molecule has 1 atom stereocenters. The summed E-state index contributed by atoms with van der Waals surface area (Å²) < 4.78 is 21.9. The van der Waals surface area contributed by atoms with Crippen molar-refractivity contribution in [1.29, 1.82) is 0 Å². The number of aromatic nitrogens is 4. The molecule has 0 saturated carbocycles. The number of benzene rings is 1. The molecular formula is C35H53N7O5S2Si2. The molecule has 0 radical (unpaired) electrons. The normalized spacial score (nSPS) is 15.8. The Morgan fingerprint density at radius 3 is 2.51 bits per heavy atom. The molecule has 278 valence electrons. The molecule has 0 aliphatic carbocycles. The first-order valence-electron chi connectivity index (χ1n) is 17.5. The Hall–Kier alpha value is -2.84.